The van der Waals surface area contributed by atoms with Crippen LogP contribution in [0.5, 0.6) is 0 Å². The minimum absolute atomic E-state index is 0.281. The van der Waals surface area contributed by atoms with Crippen molar-refractivity contribution in [1.29, 1.82) is 0 Å². The van der Waals surface area contributed by atoms with Gasteiger partial charge in [-0.1, -0.05) is 44.7 Å². The number of hydrogen-bond donors (Lipinski definition) is 0. The van der Waals surface area contributed by atoms with Crippen LogP contribution in [0.25, 0.3) is 17.3 Å². The Labute approximate surface area is 206 Å². The molecule has 2 aliphatic rings. The first kappa shape index (κ1) is 23.2. The summed E-state index contributed by atoms with van der Waals surface area (Å²) in [5, 5.41) is 9.70. The molecule has 1 aromatic carbocycles. The molecule has 2 unspecified atom stereocenters. The van der Waals surface area contributed by atoms with E-state index >= 15 is 0 Å². The van der Waals surface area contributed by atoms with Crippen molar-refractivity contribution in [3.8, 4) is 17.3 Å². The summed E-state index contributed by atoms with van der Waals surface area (Å²) in [5.41, 5.74) is 2.79. The molecule has 2 fully saturated rings. The quantitative estimate of drug-likeness (QED) is 0.302. The second-order valence-corrected chi connectivity index (χ2v) is 12.2. The van der Waals surface area contributed by atoms with Gasteiger partial charge in [-0.15, -0.1) is 10.2 Å². The van der Waals surface area contributed by atoms with Gasteiger partial charge in [0.25, 0.3) is 0 Å². The molecular weight excluding hydrogens is 444 g/mol. The van der Waals surface area contributed by atoms with Crippen molar-refractivity contribution < 1.29 is 9.21 Å². The molecule has 7 heteroatoms. The molecule has 1 aliphatic heterocycles. The van der Waals surface area contributed by atoms with E-state index in [1.165, 1.54) is 12.0 Å². The number of amides is 1. The highest BCUT2D eigenvalue weighted by Crippen LogP contribution is 2.52. The Morgan fingerprint density at radius 3 is 2.79 bits per heavy atom. The van der Waals surface area contributed by atoms with Crippen LogP contribution in [0.2, 0.25) is 0 Å². The predicted octanol–water partition coefficient (Wildman–Crippen LogP) is 6.14. The number of likely N-dealkylation sites (tertiary alicyclic amines) is 1. The Balaban J connectivity index is 1.24. The van der Waals surface area contributed by atoms with Gasteiger partial charge < -0.3 is 9.32 Å². The number of aryl methyl sites for hydroxylation is 1. The SMILES string of the molecule is Cc1cccc(-n2c(SCCCC(=O)N3CC4(C)CC3CC(C)(C)C4)nnc2-c2ccco2)c1. The molecule has 1 saturated carbocycles. The second-order valence-electron chi connectivity index (χ2n) is 11.1. The molecule has 1 saturated heterocycles. The van der Waals surface area contributed by atoms with Gasteiger partial charge in [0.1, 0.15) is 0 Å². The molecule has 1 aliphatic carbocycles. The highest BCUT2D eigenvalue weighted by molar-refractivity contribution is 7.99. The monoisotopic (exact) mass is 478 g/mol. The summed E-state index contributed by atoms with van der Waals surface area (Å²) in [6.07, 6.45) is 6.55. The number of nitrogens with zero attached hydrogens (tertiary/aromatic N) is 4. The van der Waals surface area contributed by atoms with Crippen molar-refractivity contribution in [3.63, 3.8) is 0 Å². The van der Waals surface area contributed by atoms with E-state index in [-0.39, 0.29) is 5.41 Å². The molecule has 34 heavy (non-hydrogen) atoms. The van der Waals surface area contributed by atoms with Crippen LogP contribution < -0.4 is 0 Å². The van der Waals surface area contributed by atoms with Crippen LogP contribution in [-0.4, -0.2) is 43.9 Å². The number of aromatic nitrogens is 3. The van der Waals surface area contributed by atoms with E-state index in [2.05, 4.69) is 61.0 Å². The van der Waals surface area contributed by atoms with E-state index in [1.54, 1.807) is 18.0 Å². The number of rotatable bonds is 7. The Morgan fingerprint density at radius 1 is 1.18 bits per heavy atom. The van der Waals surface area contributed by atoms with Gasteiger partial charge in [0, 0.05) is 24.8 Å². The topological polar surface area (TPSA) is 64.2 Å². The smallest absolute Gasteiger partial charge is 0.222 e. The van der Waals surface area contributed by atoms with Gasteiger partial charge in [0.2, 0.25) is 11.7 Å². The first-order valence-electron chi connectivity index (χ1n) is 12.2. The largest absolute Gasteiger partial charge is 0.461 e. The van der Waals surface area contributed by atoms with E-state index in [9.17, 15) is 4.79 Å². The van der Waals surface area contributed by atoms with Gasteiger partial charge in [0.15, 0.2) is 10.9 Å². The van der Waals surface area contributed by atoms with E-state index in [1.807, 2.05) is 22.8 Å². The van der Waals surface area contributed by atoms with Crippen molar-refractivity contribution >= 4 is 17.7 Å². The zero-order valence-corrected chi connectivity index (χ0v) is 21.4. The van der Waals surface area contributed by atoms with E-state index in [4.69, 9.17) is 4.42 Å². The van der Waals surface area contributed by atoms with Crippen molar-refractivity contribution in [3.05, 3.63) is 48.2 Å². The van der Waals surface area contributed by atoms with Crippen LogP contribution in [0.15, 0.2) is 52.2 Å². The van der Waals surface area contributed by atoms with Crippen molar-refractivity contribution in [2.45, 2.75) is 71.0 Å². The summed E-state index contributed by atoms with van der Waals surface area (Å²) in [4.78, 5) is 15.3. The number of thioether (sulfide) groups is 1. The fourth-order valence-corrected chi connectivity index (χ4v) is 7.10. The number of carbonyl (C=O) groups excluding carboxylic acids is 1. The first-order chi connectivity index (χ1) is 16.2. The molecule has 0 radical (unpaired) electrons. The van der Waals surface area contributed by atoms with E-state index in [0.717, 1.165) is 42.4 Å². The standard InChI is InChI=1S/C27H34N4O2S/c1-19-8-5-9-20(14-19)31-24(22-10-6-12-33-22)28-29-25(31)34-13-7-11-23(32)30-18-27(4)16-21(30)15-26(2,3)17-27/h5-6,8-10,12,14,21H,7,11,13,15-18H2,1-4H3. The highest BCUT2D eigenvalue weighted by atomic mass is 32.2. The Morgan fingerprint density at radius 2 is 2.03 bits per heavy atom. The van der Waals surface area contributed by atoms with Gasteiger partial charge in [0.05, 0.1) is 12.0 Å². The zero-order valence-electron chi connectivity index (χ0n) is 20.6. The maximum Gasteiger partial charge on any atom is 0.222 e. The van der Waals surface area contributed by atoms with Crippen LogP contribution in [0.4, 0.5) is 0 Å². The Hall–Kier alpha value is -2.54. The lowest BCUT2D eigenvalue weighted by molar-refractivity contribution is -0.132. The van der Waals surface area contributed by atoms with E-state index in [0.29, 0.717) is 35.4 Å². The maximum absolute atomic E-state index is 13.1. The summed E-state index contributed by atoms with van der Waals surface area (Å²) in [6.45, 7) is 10.1. The third-order valence-electron chi connectivity index (χ3n) is 7.14. The fourth-order valence-electron chi connectivity index (χ4n) is 6.21. The van der Waals surface area contributed by atoms with Gasteiger partial charge in [-0.3, -0.25) is 9.36 Å². The summed E-state index contributed by atoms with van der Waals surface area (Å²) in [5.74, 6) is 2.50. The molecule has 5 rings (SSSR count). The summed E-state index contributed by atoms with van der Waals surface area (Å²) >= 11 is 1.65. The third-order valence-corrected chi connectivity index (χ3v) is 8.15. The average molecular weight is 479 g/mol. The molecular formula is C27H34N4O2S. The number of fused-ring (bicyclic) bond motifs is 2. The lowest BCUT2D eigenvalue weighted by Gasteiger charge is -2.39. The number of hydrogen-bond acceptors (Lipinski definition) is 5. The van der Waals surface area contributed by atoms with Crippen molar-refractivity contribution in [2.75, 3.05) is 12.3 Å². The van der Waals surface area contributed by atoms with Gasteiger partial charge in [-0.2, -0.15) is 0 Å². The Bertz CT molecular complexity index is 1170. The first-order valence-corrected chi connectivity index (χ1v) is 13.2. The van der Waals surface area contributed by atoms with Crippen LogP contribution in [0.1, 0.15) is 58.4 Å². The normalized spacial score (nSPS) is 23.4. The second kappa shape index (κ2) is 8.91. The number of carbonyl (C=O) groups is 1. The van der Waals surface area contributed by atoms with E-state index < -0.39 is 0 Å². The molecule has 3 aromatic rings. The van der Waals surface area contributed by atoms with Crippen molar-refractivity contribution in [1.82, 2.24) is 19.7 Å². The number of furan rings is 1. The lowest BCUT2D eigenvalue weighted by atomic mass is 9.65. The third kappa shape index (κ3) is 4.67. The van der Waals surface area contributed by atoms with Crippen LogP contribution >= 0.6 is 11.8 Å². The summed E-state index contributed by atoms with van der Waals surface area (Å²) < 4.78 is 7.66. The molecule has 0 N–H and O–H groups in total. The molecule has 3 heterocycles. The molecule has 2 atom stereocenters. The zero-order chi connectivity index (χ0) is 23.9. The minimum atomic E-state index is 0.281. The molecule has 1 amide bonds. The average Bonchev–Trinajstić information content (AvgIpc) is 3.47. The maximum atomic E-state index is 13.1. The van der Waals surface area contributed by atoms with Crippen LogP contribution in [0.3, 0.4) is 0 Å². The van der Waals surface area contributed by atoms with Crippen molar-refractivity contribution in [2.24, 2.45) is 10.8 Å². The molecule has 180 valence electrons. The highest BCUT2D eigenvalue weighted by Gasteiger charge is 2.50. The molecule has 0 spiro atoms. The van der Waals surface area contributed by atoms with Crippen LogP contribution in [0, 0.1) is 17.8 Å². The van der Waals surface area contributed by atoms with Crippen LogP contribution in [-0.2, 0) is 4.79 Å². The minimum Gasteiger partial charge on any atom is -0.461 e. The summed E-state index contributed by atoms with van der Waals surface area (Å²) in [7, 11) is 0. The Kier molecular flexibility index (Phi) is 6.09. The predicted molar refractivity (Wildman–Crippen MR) is 135 cm³/mol. The van der Waals surface area contributed by atoms with Gasteiger partial charge in [-0.25, -0.2) is 0 Å². The van der Waals surface area contributed by atoms with Gasteiger partial charge >= 0.3 is 0 Å². The summed E-state index contributed by atoms with van der Waals surface area (Å²) in [6, 6.07) is 12.5. The molecule has 2 bridgehead atoms. The number of benzene rings is 1. The van der Waals surface area contributed by atoms with Gasteiger partial charge in [-0.05, 0) is 73.3 Å². The molecule has 6 nitrogen and oxygen atoms in total. The lowest BCUT2D eigenvalue weighted by Crippen LogP contribution is -2.37. The fraction of sp³-hybridized carbons (Fsp3) is 0.519. The molecule has 2 aromatic heterocycles.